The van der Waals surface area contributed by atoms with Gasteiger partial charge < -0.3 is 5.11 Å². The number of phenols is 1. The average molecular weight is 175 g/mol. The minimum Gasteiger partial charge on any atom is -0.508 e. The van der Waals surface area contributed by atoms with E-state index in [1.54, 1.807) is 6.07 Å². The maximum atomic E-state index is 9.26. The number of nitrogens with zero attached hydrogens (tertiary/aromatic N) is 1. The van der Waals surface area contributed by atoms with Crippen LogP contribution in [0.25, 0.3) is 0 Å². The number of aromatic hydroxyl groups is 1. The Kier molecular flexibility index (Phi) is 3.33. The lowest BCUT2D eigenvalue weighted by molar-refractivity contribution is 0.471. The quantitative estimate of drug-likeness (QED) is 0.717. The van der Waals surface area contributed by atoms with Crippen LogP contribution >= 0.6 is 0 Å². The molecule has 0 radical (unpaired) electrons. The van der Waals surface area contributed by atoms with Gasteiger partial charge in [-0.25, -0.2) is 0 Å². The maximum Gasteiger partial charge on any atom is 0.118 e. The Balaban J connectivity index is 2.59. The minimum atomic E-state index is 0.337. The average Bonchev–Trinajstić information content (AvgIpc) is 2.12. The molecule has 0 amide bonds. The van der Waals surface area contributed by atoms with Crippen molar-refractivity contribution in [1.82, 2.24) is 0 Å². The van der Waals surface area contributed by atoms with Crippen LogP contribution in [-0.4, -0.2) is 5.11 Å². The van der Waals surface area contributed by atoms with Crippen LogP contribution in [0.1, 0.15) is 24.0 Å². The molecule has 0 aliphatic carbocycles. The van der Waals surface area contributed by atoms with Crippen molar-refractivity contribution in [3.63, 3.8) is 0 Å². The molecule has 2 nitrogen and oxygen atoms in total. The van der Waals surface area contributed by atoms with E-state index in [2.05, 4.69) is 6.07 Å². The molecule has 0 spiro atoms. The highest BCUT2D eigenvalue weighted by atomic mass is 16.3. The van der Waals surface area contributed by atoms with E-state index in [1.807, 2.05) is 19.1 Å². The van der Waals surface area contributed by atoms with Crippen molar-refractivity contribution < 1.29 is 5.11 Å². The lowest BCUT2D eigenvalue weighted by Crippen LogP contribution is -1.86. The number of aryl methyl sites for hydroxylation is 2. The molecule has 0 aliphatic rings. The summed E-state index contributed by atoms with van der Waals surface area (Å²) in [6, 6.07) is 7.69. The van der Waals surface area contributed by atoms with Crippen LogP contribution in [0.15, 0.2) is 18.2 Å². The van der Waals surface area contributed by atoms with Crippen molar-refractivity contribution in [2.24, 2.45) is 0 Å². The molecule has 0 fully saturated rings. The topological polar surface area (TPSA) is 44.0 Å². The van der Waals surface area contributed by atoms with Crippen molar-refractivity contribution in [2.75, 3.05) is 0 Å². The third-order valence-electron chi connectivity index (χ3n) is 2.02. The molecule has 0 atom stereocenters. The van der Waals surface area contributed by atoms with Gasteiger partial charge in [0.2, 0.25) is 0 Å². The van der Waals surface area contributed by atoms with Gasteiger partial charge in [-0.3, -0.25) is 0 Å². The maximum absolute atomic E-state index is 9.26. The van der Waals surface area contributed by atoms with E-state index in [9.17, 15) is 5.11 Å². The Morgan fingerprint density at radius 1 is 1.46 bits per heavy atom. The fourth-order valence-corrected chi connectivity index (χ4v) is 1.24. The SMILES string of the molecule is Cc1cc(CCCC#N)ccc1O. The predicted octanol–water partition coefficient (Wildman–Crippen LogP) is 2.55. The summed E-state index contributed by atoms with van der Waals surface area (Å²) >= 11 is 0. The second-order valence-corrected chi connectivity index (χ2v) is 3.13. The molecular formula is C11H13NO. The Hall–Kier alpha value is -1.49. The molecule has 13 heavy (non-hydrogen) atoms. The first-order valence-electron chi connectivity index (χ1n) is 4.39. The van der Waals surface area contributed by atoms with Crippen molar-refractivity contribution in [3.8, 4) is 11.8 Å². The zero-order valence-electron chi connectivity index (χ0n) is 7.75. The molecule has 2 heteroatoms. The zero-order chi connectivity index (χ0) is 9.68. The summed E-state index contributed by atoms with van der Waals surface area (Å²) in [7, 11) is 0. The highest BCUT2D eigenvalue weighted by Crippen LogP contribution is 2.17. The Morgan fingerprint density at radius 2 is 2.23 bits per heavy atom. The Bertz CT molecular complexity index is 325. The lowest BCUT2D eigenvalue weighted by Gasteiger charge is -2.02. The molecular weight excluding hydrogens is 162 g/mol. The van der Waals surface area contributed by atoms with Crippen LogP contribution in [0, 0.1) is 18.3 Å². The molecule has 0 aliphatic heterocycles. The van der Waals surface area contributed by atoms with Crippen LogP contribution < -0.4 is 0 Å². The molecule has 1 rings (SSSR count). The summed E-state index contributed by atoms with van der Waals surface area (Å²) < 4.78 is 0. The van der Waals surface area contributed by atoms with Gasteiger partial charge in [-0.1, -0.05) is 12.1 Å². The Labute approximate surface area is 78.4 Å². The van der Waals surface area contributed by atoms with E-state index in [0.717, 1.165) is 18.4 Å². The summed E-state index contributed by atoms with van der Waals surface area (Å²) in [4.78, 5) is 0. The van der Waals surface area contributed by atoms with E-state index < -0.39 is 0 Å². The zero-order valence-corrected chi connectivity index (χ0v) is 7.75. The number of hydrogen-bond acceptors (Lipinski definition) is 2. The summed E-state index contributed by atoms with van der Waals surface area (Å²) in [5.41, 5.74) is 2.08. The van der Waals surface area contributed by atoms with Crippen LogP contribution in [0.2, 0.25) is 0 Å². The van der Waals surface area contributed by atoms with E-state index in [4.69, 9.17) is 5.26 Å². The molecule has 0 saturated carbocycles. The van der Waals surface area contributed by atoms with Gasteiger partial charge in [0, 0.05) is 6.42 Å². The van der Waals surface area contributed by atoms with E-state index >= 15 is 0 Å². The molecule has 68 valence electrons. The molecule has 0 unspecified atom stereocenters. The van der Waals surface area contributed by atoms with Gasteiger partial charge in [0.15, 0.2) is 0 Å². The van der Waals surface area contributed by atoms with Crippen molar-refractivity contribution in [2.45, 2.75) is 26.2 Å². The Morgan fingerprint density at radius 3 is 2.85 bits per heavy atom. The second kappa shape index (κ2) is 4.51. The minimum absolute atomic E-state index is 0.337. The number of benzene rings is 1. The third-order valence-corrected chi connectivity index (χ3v) is 2.02. The first-order valence-corrected chi connectivity index (χ1v) is 4.39. The number of nitriles is 1. The standard InChI is InChI=1S/C11H13NO/c1-9-8-10(4-2-3-7-12)5-6-11(9)13/h5-6,8,13H,2-4H2,1H3. The van der Waals surface area contributed by atoms with Gasteiger partial charge in [-0.15, -0.1) is 0 Å². The van der Waals surface area contributed by atoms with Crippen LogP contribution in [0.3, 0.4) is 0 Å². The van der Waals surface area contributed by atoms with Crippen molar-refractivity contribution in [3.05, 3.63) is 29.3 Å². The fourth-order valence-electron chi connectivity index (χ4n) is 1.24. The van der Waals surface area contributed by atoms with Gasteiger partial charge in [0.05, 0.1) is 6.07 Å². The van der Waals surface area contributed by atoms with E-state index in [0.29, 0.717) is 12.2 Å². The largest absolute Gasteiger partial charge is 0.508 e. The first-order chi connectivity index (χ1) is 6.24. The highest BCUT2D eigenvalue weighted by molar-refractivity contribution is 5.34. The molecule has 0 saturated heterocycles. The van der Waals surface area contributed by atoms with Gasteiger partial charge in [-0.2, -0.15) is 5.26 Å². The molecule has 1 aromatic carbocycles. The monoisotopic (exact) mass is 175 g/mol. The number of hydrogen-bond donors (Lipinski definition) is 1. The van der Waals surface area contributed by atoms with E-state index in [1.165, 1.54) is 5.56 Å². The number of rotatable bonds is 3. The van der Waals surface area contributed by atoms with Crippen molar-refractivity contribution in [1.29, 1.82) is 5.26 Å². The summed E-state index contributed by atoms with van der Waals surface area (Å²) in [6.07, 6.45) is 2.40. The molecule has 0 bridgehead atoms. The highest BCUT2D eigenvalue weighted by Gasteiger charge is 1.97. The summed E-state index contributed by atoms with van der Waals surface area (Å²) in [5, 5.41) is 17.6. The normalized spacial score (nSPS) is 9.54. The van der Waals surface area contributed by atoms with E-state index in [-0.39, 0.29) is 0 Å². The van der Waals surface area contributed by atoms with Gasteiger partial charge >= 0.3 is 0 Å². The predicted molar refractivity (Wildman–Crippen MR) is 51.4 cm³/mol. The molecule has 1 aromatic rings. The molecule has 1 N–H and O–H groups in total. The van der Waals surface area contributed by atoms with Gasteiger partial charge in [0.25, 0.3) is 0 Å². The van der Waals surface area contributed by atoms with Gasteiger partial charge in [0.1, 0.15) is 5.75 Å². The third kappa shape index (κ3) is 2.79. The van der Waals surface area contributed by atoms with Crippen LogP contribution in [0.4, 0.5) is 0 Å². The van der Waals surface area contributed by atoms with Crippen molar-refractivity contribution >= 4 is 0 Å². The lowest BCUT2D eigenvalue weighted by atomic mass is 10.1. The number of unbranched alkanes of at least 4 members (excludes halogenated alkanes) is 1. The van der Waals surface area contributed by atoms with Gasteiger partial charge in [-0.05, 0) is 37.0 Å². The first kappa shape index (κ1) is 9.60. The summed E-state index contributed by atoms with van der Waals surface area (Å²) in [5.74, 6) is 0.337. The van der Waals surface area contributed by atoms with Crippen LogP contribution in [0.5, 0.6) is 5.75 Å². The van der Waals surface area contributed by atoms with Crippen LogP contribution in [-0.2, 0) is 6.42 Å². The second-order valence-electron chi connectivity index (χ2n) is 3.13. The fraction of sp³-hybridized carbons (Fsp3) is 0.364. The smallest absolute Gasteiger partial charge is 0.118 e. The molecule has 0 aromatic heterocycles. The number of phenolic OH excluding ortho intramolecular Hbond substituents is 1. The molecule has 0 heterocycles. The summed E-state index contributed by atoms with van der Waals surface area (Å²) in [6.45, 7) is 1.88.